The largest absolute Gasteiger partial charge is 0.347 e. The minimum atomic E-state index is -0.358. The van der Waals surface area contributed by atoms with E-state index in [0.717, 1.165) is 22.5 Å². The molecular formula is C40H42ClFN8O2. The fraction of sp³-hybridized carbons (Fsp3) is 0.250. The van der Waals surface area contributed by atoms with E-state index in [1.54, 1.807) is 58.2 Å². The number of carbonyl (C=O) groups is 2. The second-order valence-electron chi connectivity index (χ2n) is 14.4. The number of hydrogen-bond acceptors (Lipinski definition) is 6. The maximum absolute atomic E-state index is 13.3. The molecule has 6 aromatic rings. The van der Waals surface area contributed by atoms with Gasteiger partial charge in [-0.15, -0.1) is 0 Å². The summed E-state index contributed by atoms with van der Waals surface area (Å²) in [5.74, 6) is -0.646. The van der Waals surface area contributed by atoms with Crippen molar-refractivity contribution in [3.63, 3.8) is 0 Å². The Labute approximate surface area is 308 Å². The third-order valence-electron chi connectivity index (χ3n) is 7.60. The van der Waals surface area contributed by atoms with Gasteiger partial charge in [-0.25, -0.2) is 14.4 Å². The van der Waals surface area contributed by atoms with Crippen LogP contribution < -0.4 is 10.6 Å². The molecule has 0 bridgehead atoms. The van der Waals surface area contributed by atoms with Gasteiger partial charge < -0.3 is 10.6 Å². The van der Waals surface area contributed by atoms with Gasteiger partial charge in [0.2, 0.25) is 0 Å². The Hall–Kier alpha value is -5.68. The fourth-order valence-electron chi connectivity index (χ4n) is 5.20. The van der Waals surface area contributed by atoms with Crippen molar-refractivity contribution in [2.75, 3.05) is 0 Å². The number of aryl methyl sites for hydroxylation is 2. The van der Waals surface area contributed by atoms with Crippen LogP contribution >= 0.6 is 11.6 Å². The van der Waals surface area contributed by atoms with Gasteiger partial charge in [0.05, 0.1) is 34.2 Å². The highest BCUT2D eigenvalue weighted by atomic mass is 35.5. The van der Waals surface area contributed by atoms with E-state index < -0.39 is 0 Å². The molecule has 12 heteroatoms. The fourth-order valence-corrected chi connectivity index (χ4v) is 5.32. The van der Waals surface area contributed by atoms with E-state index in [1.807, 2.05) is 92.0 Å². The van der Waals surface area contributed by atoms with E-state index >= 15 is 0 Å². The highest BCUT2D eigenvalue weighted by molar-refractivity contribution is 6.30. The molecule has 0 fully saturated rings. The molecule has 0 spiro atoms. The lowest BCUT2D eigenvalue weighted by atomic mass is 10.0. The Morgan fingerprint density at radius 2 is 0.962 bits per heavy atom. The van der Waals surface area contributed by atoms with Gasteiger partial charge in [-0.05, 0) is 114 Å². The molecule has 0 radical (unpaired) electrons. The molecule has 2 N–H and O–H groups in total. The molecule has 4 aromatic heterocycles. The van der Waals surface area contributed by atoms with Crippen LogP contribution in [-0.2, 0) is 14.1 Å². The van der Waals surface area contributed by atoms with Crippen LogP contribution in [0.25, 0.3) is 45.3 Å². The molecule has 4 heterocycles. The number of hydrogen-bond donors (Lipinski definition) is 2. The van der Waals surface area contributed by atoms with Crippen molar-refractivity contribution < 1.29 is 14.0 Å². The zero-order valence-electron chi connectivity index (χ0n) is 30.5. The predicted molar refractivity (Wildman–Crippen MR) is 203 cm³/mol. The minimum Gasteiger partial charge on any atom is -0.347 e. The second kappa shape index (κ2) is 15.3. The Morgan fingerprint density at radius 3 is 1.31 bits per heavy atom. The number of amides is 2. The molecule has 10 nitrogen and oxygen atoms in total. The van der Waals surface area contributed by atoms with Crippen molar-refractivity contribution in [2.45, 2.75) is 52.6 Å². The quantitative estimate of drug-likeness (QED) is 0.179. The molecule has 268 valence electrons. The summed E-state index contributed by atoms with van der Waals surface area (Å²) >= 11 is 5.99. The van der Waals surface area contributed by atoms with Gasteiger partial charge in [-0.1, -0.05) is 23.7 Å². The molecule has 6 rings (SSSR count). The van der Waals surface area contributed by atoms with Crippen molar-refractivity contribution in [1.82, 2.24) is 40.2 Å². The Kier molecular flexibility index (Phi) is 11.0. The third kappa shape index (κ3) is 9.76. The third-order valence-corrected chi connectivity index (χ3v) is 7.85. The van der Waals surface area contributed by atoms with Crippen LogP contribution in [0.4, 0.5) is 4.39 Å². The summed E-state index contributed by atoms with van der Waals surface area (Å²) in [6.45, 7) is 11.6. The first-order valence-corrected chi connectivity index (χ1v) is 17.0. The SMILES string of the molecule is Cn1nccc1-c1cc(C(=O)NC(C)(C)C)cc(-c2ccc(Cl)cc2)n1.Cn1nccc1-c1cc(C(=O)NC(C)(C)C)cc(-c2ccc(F)cc2)n1. The van der Waals surface area contributed by atoms with E-state index in [-0.39, 0.29) is 28.7 Å². The molecule has 52 heavy (non-hydrogen) atoms. The summed E-state index contributed by atoms with van der Waals surface area (Å²) in [5, 5.41) is 15.0. The van der Waals surface area contributed by atoms with Gasteiger partial charge in [0.1, 0.15) is 5.82 Å². The van der Waals surface area contributed by atoms with E-state index in [1.165, 1.54) is 12.1 Å². The topological polar surface area (TPSA) is 120 Å². The molecule has 2 aromatic carbocycles. The van der Waals surface area contributed by atoms with Gasteiger partial charge in [-0.3, -0.25) is 19.0 Å². The minimum absolute atomic E-state index is 0.140. The van der Waals surface area contributed by atoms with E-state index in [0.29, 0.717) is 38.9 Å². The van der Waals surface area contributed by atoms with Crippen LogP contribution in [0, 0.1) is 5.82 Å². The van der Waals surface area contributed by atoms with Crippen molar-refractivity contribution in [2.24, 2.45) is 14.1 Å². The van der Waals surface area contributed by atoms with Gasteiger partial charge in [0.25, 0.3) is 11.8 Å². The summed E-state index contributed by atoms with van der Waals surface area (Å²) in [6, 6.07) is 24.2. The van der Waals surface area contributed by atoms with Crippen LogP contribution in [0.2, 0.25) is 5.02 Å². The van der Waals surface area contributed by atoms with Crippen LogP contribution in [-0.4, -0.2) is 52.4 Å². The number of pyridine rings is 2. The van der Waals surface area contributed by atoms with E-state index in [2.05, 4.69) is 25.8 Å². The van der Waals surface area contributed by atoms with Crippen LogP contribution in [0.5, 0.6) is 0 Å². The van der Waals surface area contributed by atoms with Crippen LogP contribution in [0.3, 0.4) is 0 Å². The molecule has 0 aliphatic rings. The smallest absolute Gasteiger partial charge is 0.251 e. The number of benzene rings is 2. The first-order chi connectivity index (χ1) is 24.5. The van der Waals surface area contributed by atoms with Crippen LogP contribution in [0.1, 0.15) is 62.3 Å². The van der Waals surface area contributed by atoms with Gasteiger partial charge in [0, 0.05) is 64.8 Å². The highest BCUT2D eigenvalue weighted by Crippen LogP contribution is 2.27. The van der Waals surface area contributed by atoms with Crippen molar-refractivity contribution in [3.8, 4) is 45.3 Å². The summed E-state index contributed by atoms with van der Waals surface area (Å²) in [7, 11) is 3.66. The van der Waals surface area contributed by atoms with E-state index in [9.17, 15) is 14.0 Å². The Balaban J connectivity index is 0.000000201. The molecule has 0 atom stereocenters. The molecule has 0 saturated heterocycles. The van der Waals surface area contributed by atoms with Gasteiger partial charge in [0.15, 0.2) is 0 Å². The van der Waals surface area contributed by atoms with Crippen molar-refractivity contribution >= 4 is 23.4 Å². The number of halogens is 2. The lowest BCUT2D eigenvalue weighted by molar-refractivity contribution is 0.0910. The average molecular weight is 721 g/mol. The summed E-state index contributed by atoms with van der Waals surface area (Å²) in [6.07, 6.45) is 3.39. The molecule has 0 aliphatic carbocycles. The Morgan fingerprint density at radius 1 is 0.596 bits per heavy atom. The van der Waals surface area contributed by atoms with Crippen molar-refractivity contribution in [1.29, 1.82) is 0 Å². The summed E-state index contributed by atoms with van der Waals surface area (Å²) in [5.41, 5.74) is 6.25. The monoisotopic (exact) mass is 720 g/mol. The lowest BCUT2D eigenvalue weighted by Crippen LogP contribution is -2.40. The van der Waals surface area contributed by atoms with E-state index in [4.69, 9.17) is 16.6 Å². The molecule has 0 aliphatic heterocycles. The Bertz CT molecular complexity index is 2040. The first kappa shape index (κ1) is 37.6. The number of nitrogens with zero attached hydrogens (tertiary/aromatic N) is 6. The number of nitrogens with one attached hydrogen (secondary N) is 2. The molecule has 0 unspecified atom stereocenters. The maximum Gasteiger partial charge on any atom is 0.251 e. The normalized spacial score (nSPS) is 11.4. The zero-order chi connectivity index (χ0) is 37.8. The zero-order valence-corrected chi connectivity index (χ0v) is 31.2. The molecule has 2 amide bonds. The highest BCUT2D eigenvalue weighted by Gasteiger charge is 2.20. The summed E-state index contributed by atoms with van der Waals surface area (Å²) < 4.78 is 16.7. The standard InChI is InChI=1S/C20H21ClN4O.C20H21FN4O/c2*1-20(2,3)24-19(26)14-11-16(13-5-7-15(21)8-6-13)23-17(12-14)18-9-10-22-25(18)4/h2*5-12H,1-4H3,(H,24,26). The average Bonchev–Trinajstić information content (AvgIpc) is 3.71. The number of aromatic nitrogens is 6. The maximum atomic E-state index is 13.3. The summed E-state index contributed by atoms with van der Waals surface area (Å²) in [4.78, 5) is 34.8. The lowest BCUT2D eigenvalue weighted by Gasteiger charge is -2.21. The molecule has 0 saturated carbocycles. The van der Waals surface area contributed by atoms with Gasteiger partial charge >= 0.3 is 0 Å². The number of rotatable bonds is 6. The van der Waals surface area contributed by atoms with Gasteiger partial charge in [-0.2, -0.15) is 10.2 Å². The predicted octanol–water partition coefficient (Wildman–Crippen LogP) is 8.15. The first-order valence-electron chi connectivity index (χ1n) is 16.6. The van der Waals surface area contributed by atoms with Crippen LogP contribution in [0.15, 0.2) is 97.3 Å². The second-order valence-corrected chi connectivity index (χ2v) is 14.8. The molecular weight excluding hydrogens is 679 g/mol. The van der Waals surface area contributed by atoms with Crippen molar-refractivity contribution in [3.05, 3.63) is 119 Å². The number of carbonyl (C=O) groups excluding carboxylic acids is 2.